The second-order valence-electron chi connectivity index (χ2n) is 5.85. The molecule has 2 atom stereocenters. The van der Waals surface area contributed by atoms with Gasteiger partial charge in [0.25, 0.3) is 0 Å². The molecule has 104 valence electrons. The highest BCUT2D eigenvalue weighted by molar-refractivity contribution is 5.79. The minimum absolute atomic E-state index is 0.251. The molecule has 0 amide bonds. The normalized spacial score (nSPS) is 25.3. The van der Waals surface area contributed by atoms with Gasteiger partial charge in [-0.25, -0.2) is 0 Å². The van der Waals surface area contributed by atoms with Crippen LogP contribution in [0.2, 0.25) is 0 Å². The number of hydrogen-bond donors (Lipinski definition) is 1. The van der Waals surface area contributed by atoms with E-state index < -0.39 is 0 Å². The summed E-state index contributed by atoms with van der Waals surface area (Å²) < 4.78 is 6.15. The molecule has 21 heavy (non-hydrogen) atoms. The molecule has 2 nitrogen and oxygen atoms in total. The van der Waals surface area contributed by atoms with Crippen LogP contribution in [0.1, 0.15) is 18.4 Å². The Bertz CT molecular complexity index is 761. The third-order valence-electron chi connectivity index (χ3n) is 4.39. The first-order chi connectivity index (χ1) is 10.2. The van der Waals surface area contributed by atoms with E-state index in [1.165, 1.54) is 5.56 Å². The van der Waals surface area contributed by atoms with Gasteiger partial charge in [-0.05, 0) is 24.6 Å². The van der Waals surface area contributed by atoms with Gasteiger partial charge in [0.05, 0.1) is 0 Å². The number of rotatable bonds is 1. The summed E-state index contributed by atoms with van der Waals surface area (Å²) in [5, 5.41) is 0. The fraction of sp³-hybridized carbons (Fsp3) is 0.158. The fourth-order valence-electron chi connectivity index (χ4n) is 3.27. The first-order valence-corrected chi connectivity index (χ1v) is 7.21. The SMILES string of the molecule is CC12C=CC=CC1c1cc(-c3ccccc3)c(N)cc1O2. The van der Waals surface area contributed by atoms with Crippen molar-refractivity contribution in [1.29, 1.82) is 0 Å². The predicted molar refractivity (Wildman–Crippen MR) is 86.3 cm³/mol. The van der Waals surface area contributed by atoms with Crippen molar-refractivity contribution in [1.82, 2.24) is 0 Å². The number of anilines is 1. The maximum Gasteiger partial charge on any atom is 0.135 e. The van der Waals surface area contributed by atoms with E-state index in [4.69, 9.17) is 10.5 Å². The lowest BCUT2D eigenvalue weighted by Gasteiger charge is -2.27. The number of fused-ring (bicyclic) bond motifs is 3. The van der Waals surface area contributed by atoms with Crippen LogP contribution in [0, 0.1) is 0 Å². The van der Waals surface area contributed by atoms with Gasteiger partial charge in [-0.2, -0.15) is 0 Å². The van der Waals surface area contributed by atoms with Crippen LogP contribution in [0.3, 0.4) is 0 Å². The van der Waals surface area contributed by atoms with Gasteiger partial charge in [-0.3, -0.25) is 0 Å². The molecule has 2 aliphatic rings. The number of ether oxygens (including phenoxy) is 1. The standard InChI is InChI=1S/C19H17NO/c1-19-10-6-5-9-16(19)15-11-14(13-7-3-2-4-8-13)17(20)12-18(15)21-19/h2-12,16H,20H2,1H3. The van der Waals surface area contributed by atoms with Crippen LogP contribution in [0.4, 0.5) is 5.69 Å². The highest BCUT2D eigenvalue weighted by Gasteiger charge is 2.42. The second kappa shape index (κ2) is 4.26. The fourth-order valence-corrected chi connectivity index (χ4v) is 3.27. The summed E-state index contributed by atoms with van der Waals surface area (Å²) in [6, 6.07) is 14.4. The van der Waals surface area contributed by atoms with Crippen LogP contribution in [0.5, 0.6) is 5.75 Å². The molecule has 2 aromatic carbocycles. The summed E-state index contributed by atoms with van der Waals surface area (Å²) in [5.74, 6) is 1.15. The molecule has 0 bridgehead atoms. The second-order valence-corrected chi connectivity index (χ2v) is 5.85. The zero-order valence-corrected chi connectivity index (χ0v) is 11.9. The molecule has 2 aromatic rings. The van der Waals surface area contributed by atoms with E-state index in [1.807, 2.05) is 30.3 Å². The average molecular weight is 275 g/mol. The highest BCUT2D eigenvalue weighted by atomic mass is 16.5. The lowest BCUT2D eigenvalue weighted by Crippen LogP contribution is -2.32. The Labute approximate surface area is 124 Å². The van der Waals surface area contributed by atoms with Gasteiger partial charge >= 0.3 is 0 Å². The topological polar surface area (TPSA) is 35.2 Å². The molecule has 1 aliphatic heterocycles. The Hall–Kier alpha value is -2.48. The summed E-state index contributed by atoms with van der Waals surface area (Å²) in [4.78, 5) is 0. The van der Waals surface area contributed by atoms with Gasteiger partial charge < -0.3 is 10.5 Å². The first kappa shape index (κ1) is 12.3. The summed E-state index contributed by atoms with van der Waals surface area (Å²) in [7, 11) is 0. The molecular formula is C19H17NO. The van der Waals surface area contributed by atoms with E-state index in [9.17, 15) is 0 Å². The predicted octanol–water partition coefficient (Wildman–Crippen LogP) is 4.30. The molecule has 2 N–H and O–H groups in total. The Morgan fingerprint density at radius 3 is 2.71 bits per heavy atom. The monoisotopic (exact) mass is 275 g/mol. The number of benzene rings is 2. The van der Waals surface area contributed by atoms with Crippen molar-refractivity contribution in [3.63, 3.8) is 0 Å². The van der Waals surface area contributed by atoms with E-state index in [2.05, 4.69) is 43.4 Å². The van der Waals surface area contributed by atoms with Gasteiger partial charge in [-0.1, -0.05) is 48.6 Å². The van der Waals surface area contributed by atoms with Crippen molar-refractivity contribution in [2.45, 2.75) is 18.4 Å². The zero-order chi connectivity index (χ0) is 14.4. The Balaban J connectivity index is 1.88. The Morgan fingerprint density at radius 1 is 1.10 bits per heavy atom. The van der Waals surface area contributed by atoms with E-state index in [0.29, 0.717) is 0 Å². The maximum atomic E-state index is 6.24. The van der Waals surface area contributed by atoms with Crippen molar-refractivity contribution >= 4 is 5.69 Å². The van der Waals surface area contributed by atoms with Crippen LogP contribution < -0.4 is 10.5 Å². The van der Waals surface area contributed by atoms with Crippen molar-refractivity contribution in [2.75, 3.05) is 5.73 Å². The van der Waals surface area contributed by atoms with Gasteiger partial charge in [0.1, 0.15) is 11.4 Å². The minimum atomic E-state index is -0.293. The third kappa shape index (κ3) is 1.79. The van der Waals surface area contributed by atoms with Gasteiger partial charge in [0.15, 0.2) is 0 Å². The number of allylic oxidation sites excluding steroid dienone is 2. The molecule has 4 rings (SSSR count). The van der Waals surface area contributed by atoms with Crippen molar-refractivity contribution in [3.05, 3.63) is 72.3 Å². The summed E-state index contributed by atoms with van der Waals surface area (Å²) in [6.45, 7) is 2.12. The first-order valence-electron chi connectivity index (χ1n) is 7.21. The van der Waals surface area contributed by atoms with Crippen molar-refractivity contribution in [3.8, 4) is 16.9 Å². The molecule has 2 unspecified atom stereocenters. The summed E-state index contributed by atoms with van der Waals surface area (Å²) in [5.41, 5.74) is 10.1. The smallest absolute Gasteiger partial charge is 0.135 e. The molecule has 2 heteroatoms. The largest absolute Gasteiger partial charge is 0.482 e. The molecule has 1 heterocycles. The quantitative estimate of drug-likeness (QED) is 0.788. The number of nitrogens with two attached hydrogens (primary N) is 1. The Morgan fingerprint density at radius 2 is 1.90 bits per heavy atom. The molecule has 0 radical (unpaired) electrons. The van der Waals surface area contributed by atoms with Gasteiger partial charge in [0, 0.05) is 28.8 Å². The molecule has 1 aliphatic carbocycles. The highest BCUT2D eigenvalue weighted by Crippen LogP contribution is 2.50. The third-order valence-corrected chi connectivity index (χ3v) is 4.39. The van der Waals surface area contributed by atoms with E-state index >= 15 is 0 Å². The average Bonchev–Trinajstić information content (AvgIpc) is 2.78. The molecule has 0 fully saturated rings. The van der Waals surface area contributed by atoms with E-state index in [-0.39, 0.29) is 11.5 Å². The van der Waals surface area contributed by atoms with Crippen LogP contribution in [0.25, 0.3) is 11.1 Å². The number of hydrogen-bond acceptors (Lipinski definition) is 2. The van der Waals surface area contributed by atoms with Crippen LogP contribution in [0.15, 0.2) is 66.8 Å². The Kier molecular flexibility index (Phi) is 2.49. The molecule has 0 saturated heterocycles. The van der Waals surface area contributed by atoms with E-state index in [0.717, 1.165) is 22.6 Å². The van der Waals surface area contributed by atoms with Crippen LogP contribution in [-0.4, -0.2) is 5.60 Å². The molecule has 0 saturated carbocycles. The summed E-state index contributed by atoms with van der Waals surface area (Å²) >= 11 is 0. The van der Waals surface area contributed by atoms with Gasteiger partial charge in [0.2, 0.25) is 0 Å². The minimum Gasteiger partial charge on any atom is -0.482 e. The van der Waals surface area contributed by atoms with Gasteiger partial charge in [-0.15, -0.1) is 0 Å². The lowest BCUT2D eigenvalue weighted by molar-refractivity contribution is 0.155. The van der Waals surface area contributed by atoms with Crippen molar-refractivity contribution in [2.24, 2.45) is 0 Å². The van der Waals surface area contributed by atoms with Crippen molar-refractivity contribution < 1.29 is 4.74 Å². The number of nitrogen functional groups attached to an aromatic ring is 1. The summed E-state index contributed by atoms with van der Waals surface area (Å²) in [6.07, 6.45) is 8.46. The zero-order valence-electron chi connectivity index (χ0n) is 11.9. The molecule has 0 aromatic heterocycles. The maximum absolute atomic E-state index is 6.24. The lowest BCUT2D eigenvalue weighted by atomic mass is 9.81. The molecular weight excluding hydrogens is 258 g/mol. The van der Waals surface area contributed by atoms with E-state index in [1.54, 1.807) is 0 Å². The molecule has 0 spiro atoms. The van der Waals surface area contributed by atoms with Crippen LogP contribution >= 0.6 is 0 Å². The van der Waals surface area contributed by atoms with Crippen LogP contribution in [-0.2, 0) is 0 Å².